The SMILES string of the molecule is CC(C)NC(=O)c1ccc(C=CC(=O)O)c(F)c1. The summed E-state index contributed by atoms with van der Waals surface area (Å²) in [6.45, 7) is 3.61. The smallest absolute Gasteiger partial charge is 0.328 e. The molecule has 18 heavy (non-hydrogen) atoms. The largest absolute Gasteiger partial charge is 0.478 e. The van der Waals surface area contributed by atoms with E-state index in [1.165, 1.54) is 12.1 Å². The Morgan fingerprint density at radius 3 is 2.56 bits per heavy atom. The van der Waals surface area contributed by atoms with Gasteiger partial charge in [0.05, 0.1) is 0 Å². The molecule has 0 radical (unpaired) electrons. The van der Waals surface area contributed by atoms with Crippen LogP contribution in [0.25, 0.3) is 6.08 Å². The molecule has 96 valence electrons. The van der Waals surface area contributed by atoms with Crippen molar-refractivity contribution in [2.45, 2.75) is 19.9 Å². The van der Waals surface area contributed by atoms with Crippen molar-refractivity contribution in [2.75, 3.05) is 0 Å². The third-order valence-electron chi connectivity index (χ3n) is 2.09. The highest BCUT2D eigenvalue weighted by Gasteiger charge is 2.09. The summed E-state index contributed by atoms with van der Waals surface area (Å²) in [4.78, 5) is 21.9. The van der Waals surface area contributed by atoms with Crippen LogP contribution in [0.1, 0.15) is 29.8 Å². The van der Waals surface area contributed by atoms with Crippen LogP contribution in [0.3, 0.4) is 0 Å². The highest BCUT2D eigenvalue weighted by Crippen LogP contribution is 2.12. The van der Waals surface area contributed by atoms with Gasteiger partial charge in [-0.3, -0.25) is 4.79 Å². The van der Waals surface area contributed by atoms with Crippen molar-refractivity contribution >= 4 is 18.0 Å². The van der Waals surface area contributed by atoms with Crippen molar-refractivity contribution in [1.29, 1.82) is 0 Å². The fourth-order valence-corrected chi connectivity index (χ4v) is 1.31. The first-order valence-electron chi connectivity index (χ1n) is 5.41. The van der Waals surface area contributed by atoms with Gasteiger partial charge in [-0.15, -0.1) is 0 Å². The Labute approximate surface area is 104 Å². The second-order valence-corrected chi connectivity index (χ2v) is 4.04. The van der Waals surface area contributed by atoms with E-state index in [0.717, 1.165) is 18.2 Å². The van der Waals surface area contributed by atoms with Crippen molar-refractivity contribution < 1.29 is 19.1 Å². The van der Waals surface area contributed by atoms with Gasteiger partial charge in [0.1, 0.15) is 5.82 Å². The standard InChI is InChI=1S/C13H14FNO3/c1-8(2)15-13(18)10-4-3-9(11(14)7-10)5-6-12(16)17/h3-8H,1-2H3,(H,15,18)(H,16,17). The lowest BCUT2D eigenvalue weighted by molar-refractivity contribution is -0.131. The Morgan fingerprint density at radius 1 is 1.39 bits per heavy atom. The van der Waals surface area contributed by atoms with Gasteiger partial charge in [-0.2, -0.15) is 0 Å². The second-order valence-electron chi connectivity index (χ2n) is 4.04. The maximum absolute atomic E-state index is 13.6. The van der Waals surface area contributed by atoms with E-state index in [4.69, 9.17) is 5.11 Å². The van der Waals surface area contributed by atoms with Gasteiger partial charge < -0.3 is 10.4 Å². The third kappa shape index (κ3) is 4.01. The van der Waals surface area contributed by atoms with Crippen molar-refractivity contribution in [3.05, 3.63) is 41.2 Å². The summed E-state index contributed by atoms with van der Waals surface area (Å²) in [6.07, 6.45) is 1.98. The molecule has 0 spiro atoms. The van der Waals surface area contributed by atoms with Crippen molar-refractivity contribution in [1.82, 2.24) is 5.32 Å². The van der Waals surface area contributed by atoms with Crippen LogP contribution in [-0.2, 0) is 4.79 Å². The van der Waals surface area contributed by atoms with E-state index in [-0.39, 0.29) is 23.1 Å². The fourth-order valence-electron chi connectivity index (χ4n) is 1.31. The molecule has 1 aromatic rings. The average molecular weight is 251 g/mol. The molecule has 0 atom stereocenters. The highest BCUT2D eigenvalue weighted by molar-refractivity contribution is 5.94. The number of aliphatic carboxylic acids is 1. The number of benzene rings is 1. The number of carboxylic acid groups (broad SMARTS) is 1. The van der Waals surface area contributed by atoms with Gasteiger partial charge in [-0.05, 0) is 32.1 Å². The molecule has 0 aliphatic rings. The van der Waals surface area contributed by atoms with Crippen LogP contribution in [0.2, 0.25) is 0 Å². The molecule has 1 amide bonds. The number of rotatable bonds is 4. The molecule has 1 aromatic carbocycles. The number of hydrogen-bond donors (Lipinski definition) is 2. The minimum atomic E-state index is -1.16. The Morgan fingerprint density at radius 2 is 2.06 bits per heavy atom. The van der Waals surface area contributed by atoms with Gasteiger partial charge in [0.25, 0.3) is 5.91 Å². The van der Waals surface area contributed by atoms with Gasteiger partial charge in [-0.1, -0.05) is 6.07 Å². The molecule has 5 heteroatoms. The summed E-state index contributed by atoms with van der Waals surface area (Å²) >= 11 is 0. The molecule has 0 saturated heterocycles. The summed E-state index contributed by atoms with van der Waals surface area (Å²) in [5.74, 6) is -2.16. The Balaban J connectivity index is 2.92. The number of halogens is 1. The van der Waals surface area contributed by atoms with E-state index in [1.807, 2.05) is 0 Å². The molecular formula is C13H14FNO3. The maximum atomic E-state index is 13.6. The first kappa shape index (κ1) is 13.9. The molecule has 1 rings (SSSR count). The fraction of sp³-hybridized carbons (Fsp3) is 0.231. The molecule has 0 unspecified atom stereocenters. The second kappa shape index (κ2) is 5.95. The number of carbonyl (C=O) groups excluding carboxylic acids is 1. The molecule has 0 fully saturated rings. The molecule has 0 aliphatic carbocycles. The number of nitrogens with one attached hydrogen (secondary N) is 1. The number of hydrogen-bond acceptors (Lipinski definition) is 2. The lowest BCUT2D eigenvalue weighted by Crippen LogP contribution is -2.30. The van der Waals surface area contributed by atoms with Gasteiger partial charge in [0.15, 0.2) is 0 Å². The predicted molar refractivity (Wildman–Crippen MR) is 65.7 cm³/mol. The minimum Gasteiger partial charge on any atom is -0.478 e. The zero-order chi connectivity index (χ0) is 13.7. The van der Waals surface area contributed by atoms with Crippen LogP contribution in [0.4, 0.5) is 4.39 Å². The molecule has 4 nitrogen and oxygen atoms in total. The monoisotopic (exact) mass is 251 g/mol. The van der Waals surface area contributed by atoms with E-state index >= 15 is 0 Å². The highest BCUT2D eigenvalue weighted by atomic mass is 19.1. The Bertz CT molecular complexity index is 495. The lowest BCUT2D eigenvalue weighted by Gasteiger charge is -2.08. The average Bonchev–Trinajstić information content (AvgIpc) is 2.26. The van der Waals surface area contributed by atoms with Gasteiger partial charge in [0.2, 0.25) is 0 Å². The van der Waals surface area contributed by atoms with Gasteiger partial charge in [-0.25, -0.2) is 9.18 Å². The van der Waals surface area contributed by atoms with Crippen LogP contribution in [-0.4, -0.2) is 23.0 Å². The quantitative estimate of drug-likeness (QED) is 0.805. The maximum Gasteiger partial charge on any atom is 0.328 e. The topological polar surface area (TPSA) is 66.4 Å². The predicted octanol–water partition coefficient (Wildman–Crippen LogP) is 2.06. The molecule has 0 saturated carbocycles. The molecule has 0 aromatic heterocycles. The van der Waals surface area contributed by atoms with Crippen LogP contribution in [0, 0.1) is 5.82 Å². The van der Waals surface area contributed by atoms with E-state index in [0.29, 0.717) is 0 Å². The van der Waals surface area contributed by atoms with E-state index in [2.05, 4.69) is 5.32 Å². The summed E-state index contributed by atoms with van der Waals surface area (Å²) in [7, 11) is 0. The van der Waals surface area contributed by atoms with Gasteiger partial charge >= 0.3 is 5.97 Å². The van der Waals surface area contributed by atoms with E-state index in [9.17, 15) is 14.0 Å². The van der Waals surface area contributed by atoms with E-state index < -0.39 is 11.8 Å². The summed E-state index contributed by atoms with van der Waals surface area (Å²) in [5.41, 5.74) is 0.326. The van der Waals surface area contributed by atoms with Crippen LogP contribution >= 0.6 is 0 Å². The van der Waals surface area contributed by atoms with Crippen LogP contribution in [0.5, 0.6) is 0 Å². The molecule has 0 bridgehead atoms. The first-order valence-corrected chi connectivity index (χ1v) is 5.41. The normalized spacial score (nSPS) is 10.9. The Kier molecular flexibility index (Phi) is 4.59. The molecule has 0 aliphatic heterocycles. The number of carboxylic acids is 1. The first-order chi connectivity index (χ1) is 8.40. The van der Waals surface area contributed by atoms with Crippen LogP contribution < -0.4 is 5.32 Å². The van der Waals surface area contributed by atoms with E-state index in [1.54, 1.807) is 13.8 Å². The van der Waals surface area contributed by atoms with Crippen molar-refractivity contribution in [3.63, 3.8) is 0 Å². The third-order valence-corrected chi connectivity index (χ3v) is 2.09. The molecule has 2 N–H and O–H groups in total. The zero-order valence-electron chi connectivity index (χ0n) is 10.1. The number of amides is 1. The lowest BCUT2D eigenvalue weighted by atomic mass is 10.1. The summed E-state index contributed by atoms with van der Waals surface area (Å²) in [6, 6.07) is 3.86. The molecular weight excluding hydrogens is 237 g/mol. The molecule has 0 heterocycles. The summed E-state index contributed by atoms with van der Waals surface area (Å²) < 4.78 is 13.6. The van der Waals surface area contributed by atoms with Crippen LogP contribution in [0.15, 0.2) is 24.3 Å². The zero-order valence-corrected chi connectivity index (χ0v) is 10.1. The number of carbonyl (C=O) groups is 2. The Hall–Kier alpha value is -2.17. The summed E-state index contributed by atoms with van der Waals surface area (Å²) in [5, 5.41) is 11.1. The minimum absolute atomic E-state index is 0.0351. The van der Waals surface area contributed by atoms with Crippen molar-refractivity contribution in [2.24, 2.45) is 0 Å². The van der Waals surface area contributed by atoms with Gasteiger partial charge in [0, 0.05) is 23.2 Å². The van der Waals surface area contributed by atoms with Crippen molar-refractivity contribution in [3.8, 4) is 0 Å².